The Labute approximate surface area is 173 Å². The second kappa shape index (κ2) is 10.2. The average molecular weight is 400 g/mol. The normalized spacial score (nSPS) is 17.5. The summed E-state index contributed by atoms with van der Waals surface area (Å²) in [5, 5.41) is 15.3. The molecule has 1 atom stereocenters. The zero-order valence-corrected chi connectivity index (χ0v) is 18.0. The Morgan fingerprint density at radius 2 is 2.17 bits per heavy atom. The molecule has 1 saturated heterocycles. The summed E-state index contributed by atoms with van der Waals surface area (Å²) < 4.78 is 7.31. The minimum absolute atomic E-state index is 0.556. The van der Waals surface area contributed by atoms with Gasteiger partial charge in [0.1, 0.15) is 11.6 Å². The van der Waals surface area contributed by atoms with Crippen LogP contribution in [0.2, 0.25) is 0 Å². The lowest BCUT2D eigenvalue weighted by Crippen LogP contribution is -2.44. The molecule has 8 heteroatoms. The molecule has 158 valence electrons. The maximum Gasteiger partial charge on any atom is 0.192 e. The SMILES string of the molecule is CCN1CCCC1CNC(=NCc1cccc(OC)c1)NCc1nnc(C)n1C. The number of ether oxygens (including phenoxy) is 1. The summed E-state index contributed by atoms with van der Waals surface area (Å²) in [6, 6.07) is 8.57. The maximum atomic E-state index is 5.32. The third-order valence-electron chi connectivity index (χ3n) is 5.56. The number of nitrogens with zero attached hydrogens (tertiary/aromatic N) is 5. The summed E-state index contributed by atoms with van der Waals surface area (Å²) in [4.78, 5) is 7.32. The summed E-state index contributed by atoms with van der Waals surface area (Å²) in [6.45, 7) is 8.49. The highest BCUT2D eigenvalue weighted by molar-refractivity contribution is 5.79. The van der Waals surface area contributed by atoms with E-state index in [1.54, 1.807) is 7.11 Å². The van der Waals surface area contributed by atoms with Crippen LogP contribution in [0.15, 0.2) is 29.3 Å². The van der Waals surface area contributed by atoms with Crippen LogP contribution in [0.5, 0.6) is 5.75 Å². The van der Waals surface area contributed by atoms with Crippen LogP contribution in [0.4, 0.5) is 0 Å². The lowest BCUT2D eigenvalue weighted by atomic mass is 10.2. The Balaban J connectivity index is 1.66. The molecule has 2 N–H and O–H groups in total. The summed E-state index contributed by atoms with van der Waals surface area (Å²) in [5.41, 5.74) is 1.11. The quantitative estimate of drug-likeness (QED) is 0.521. The number of likely N-dealkylation sites (tertiary alicyclic amines) is 1. The Hall–Kier alpha value is -2.61. The number of benzene rings is 1. The van der Waals surface area contributed by atoms with Crippen molar-refractivity contribution in [2.45, 2.75) is 45.8 Å². The number of methoxy groups -OCH3 is 1. The van der Waals surface area contributed by atoms with Crippen molar-refractivity contribution in [1.82, 2.24) is 30.3 Å². The van der Waals surface area contributed by atoms with Crippen molar-refractivity contribution >= 4 is 5.96 Å². The van der Waals surface area contributed by atoms with Crippen LogP contribution in [-0.4, -0.2) is 58.4 Å². The molecule has 1 unspecified atom stereocenters. The van der Waals surface area contributed by atoms with Crippen LogP contribution >= 0.6 is 0 Å². The summed E-state index contributed by atoms with van der Waals surface area (Å²) >= 11 is 0. The van der Waals surface area contributed by atoms with Crippen molar-refractivity contribution in [2.24, 2.45) is 12.0 Å². The predicted molar refractivity (Wildman–Crippen MR) is 115 cm³/mol. The van der Waals surface area contributed by atoms with E-state index in [1.807, 2.05) is 36.7 Å². The number of rotatable bonds is 8. The molecule has 0 saturated carbocycles. The fourth-order valence-electron chi connectivity index (χ4n) is 3.64. The molecular weight excluding hydrogens is 366 g/mol. The van der Waals surface area contributed by atoms with Gasteiger partial charge in [-0.25, -0.2) is 4.99 Å². The zero-order valence-electron chi connectivity index (χ0n) is 18.0. The fraction of sp³-hybridized carbons (Fsp3) is 0.571. The van der Waals surface area contributed by atoms with Gasteiger partial charge in [0.05, 0.1) is 20.2 Å². The van der Waals surface area contributed by atoms with Crippen LogP contribution in [0.25, 0.3) is 0 Å². The number of aryl methyl sites for hydroxylation is 1. The Bertz CT molecular complexity index is 817. The molecule has 1 aliphatic heterocycles. The van der Waals surface area contributed by atoms with Crippen LogP contribution in [0, 0.1) is 6.92 Å². The molecule has 1 aliphatic rings. The number of aliphatic imine (C=N–C) groups is 1. The molecule has 0 spiro atoms. The summed E-state index contributed by atoms with van der Waals surface area (Å²) in [5.74, 6) is 3.42. The molecule has 0 radical (unpaired) electrons. The molecule has 0 bridgehead atoms. The number of nitrogens with one attached hydrogen (secondary N) is 2. The lowest BCUT2D eigenvalue weighted by Gasteiger charge is -2.24. The van der Waals surface area contributed by atoms with Crippen LogP contribution in [0.1, 0.15) is 37.0 Å². The number of hydrogen-bond acceptors (Lipinski definition) is 5. The van der Waals surface area contributed by atoms with Crippen molar-refractivity contribution in [1.29, 1.82) is 0 Å². The van der Waals surface area contributed by atoms with E-state index in [9.17, 15) is 0 Å². The molecule has 1 aromatic carbocycles. The van der Waals surface area contributed by atoms with E-state index in [2.05, 4.69) is 38.7 Å². The van der Waals surface area contributed by atoms with Crippen molar-refractivity contribution in [3.63, 3.8) is 0 Å². The van der Waals surface area contributed by atoms with Gasteiger partial charge in [0.2, 0.25) is 0 Å². The van der Waals surface area contributed by atoms with Gasteiger partial charge in [-0.1, -0.05) is 19.1 Å². The first kappa shape index (κ1) is 21.1. The van der Waals surface area contributed by atoms with Gasteiger partial charge in [-0.15, -0.1) is 10.2 Å². The van der Waals surface area contributed by atoms with Crippen LogP contribution in [0.3, 0.4) is 0 Å². The highest BCUT2D eigenvalue weighted by Crippen LogP contribution is 2.16. The van der Waals surface area contributed by atoms with E-state index >= 15 is 0 Å². The molecular formula is C21H33N7O. The van der Waals surface area contributed by atoms with Gasteiger partial charge in [-0.05, 0) is 50.6 Å². The molecule has 1 fully saturated rings. The first-order chi connectivity index (χ1) is 14.1. The van der Waals surface area contributed by atoms with Gasteiger partial charge >= 0.3 is 0 Å². The monoisotopic (exact) mass is 399 g/mol. The number of aromatic nitrogens is 3. The molecule has 2 aromatic rings. The average Bonchev–Trinajstić information content (AvgIpc) is 3.34. The van der Waals surface area contributed by atoms with Gasteiger partial charge < -0.3 is 19.9 Å². The second-order valence-corrected chi connectivity index (χ2v) is 7.40. The number of likely N-dealkylation sites (N-methyl/N-ethyl adjacent to an activating group) is 1. The van der Waals surface area contributed by atoms with Crippen molar-refractivity contribution in [3.8, 4) is 5.75 Å². The molecule has 0 amide bonds. The summed E-state index contributed by atoms with van der Waals surface area (Å²) in [7, 11) is 3.66. The van der Waals surface area contributed by atoms with Gasteiger partial charge in [-0.3, -0.25) is 4.90 Å². The number of guanidine groups is 1. The first-order valence-electron chi connectivity index (χ1n) is 10.3. The highest BCUT2D eigenvalue weighted by atomic mass is 16.5. The molecule has 2 heterocycles. The molecule has 1 aromatic heterocycles. The largest absolute Gasteiger partial charge is 0.497 e. The van der Waals surface area contributed by atoms with Gasteiger partial charge in [0.15, 0.2) is 11.8 Å². The van der Waals surface area contributed by atoms with E-state index in [0.717, 1.165) is 42.0 Å². The highest BCUT2D eigenvalue weighted by Gasteiger charge is 2.22. The topological polar surface area (TPSA) is 79.6 Å². The first-order valence-corrected chi connectivity index (χ1v) is 10.3. The van der Waals surface area contributed by atoms with Gasteiger partial charge in [-0.2, -0.15) is 0 Å². The van der Waals surface area contributed by atoms with E-state index in [-0.39, 0.29) is 0 Å². The third-order valence-corrected chi connectivity index (χ3v) is 5.56. The molecule has 0 aliphatic carbocycles. The van der Waals surface area contributed by atoms with Crippen LogP contribution < -0.4 is 15.4 Å². The molecule has 8 nitrogen and oxygen atoms in total. The fourth-order valence-corrected chi connectivity index (χ4v) is 3.64. The van der Waals surface area contributed by atoms with Crippen molar-refractivity contribution in [3.05, 3.63) is 41.5 Å². The van der Waals surface area contributed by atoms with Gasteiger partial charge in [0.25, 0.3) is 0 Å². The Kier molecular flexibility index (Phi) is 7.46. The third kappa shape index (κ3) is 5.69. The Morgan fingerprint density at radius 3 is 2.90 bits per heavy atom. The van der Waals surface area contributed by atoms with Crippen molar-refractivity contribution in [2.75, 3.05) is 26.7 Å². The van der Waals surface area contributed by atoms with E-state index in [4.69, 9.17) is 9.73 Å². The smallest absolute Gasteiger partial charge is 0.192 e. The maximum absolute atomic E-state index is 5.32. The second-order valence-electron chi connectivity index (χ2n) is 7.40. The minimum atomic E-state index is 0.556. The molecule has 29 heavy (non-hydrogen) atoms. The standard InChI is InChI=1S/C21H33N7O/c1-5-28-11-7-9-18(28)14-23-21(24-15-20-26-25-16(2)27(20)3)22-13-17-8-6-10-19(12-17)29-4/h6,8,10,12,18H,5,7,9,11,13-15H2,1-4H3,(H2,22,23,24). The van der Waals surface area contributed by atoms with E-state index in [1.165, 1.54) is 19.4 Å². The summed E-state index contributed by atoms with van der Waals surface area (Å²) in [6.07, 6.45) is 2.49. The Morgan fingerprint density at radius 1 is 1.31 bits per heavy atom. The lowest BCUT2D eigenvalue weighted by molar-refractivity contribution is 0.267. The van der Waals surface area contributed by atoms with Crippen molar-refractivity contribution < 1.29 is 4.74 Å². The van der Waals surface area contributed by atoms with Gasteiger partial charge in [0, 0.05) is 19.6 Å². The zero-order chi connectivity index (χ0) is 20.6. The van der Waals surface area contributed by atoms with E-state index < -0.39 is 0 Å². The number of hydrogen-bond donors (Lipinski definition) is 2. The molecule has 3 rings (SSSR count). The van der Waals surface area contributed by atoms with E-state index in [0.29, 0.717) is 19.1 Å². The minimum Gasteiger partial charge on any atom is -0.497 e. The predicted octanol–water partition coefficient (Wildman–Crippen LogP) is 1.85. The van der Waals surface area contributed by atoms with Crippen LogP contribution in [-0.2, 0) is 20.1 Å².